The molecule has 1 fully saturated rings. The quantitative estimate of drug-likeness (QED) is 0.161. The lowest BCUT2D eigenvalue weighted by molar-refractivity contribution is 0.101. The topological polar surface area (TPSA) is 113 Å². The average molecular weight is 645 g/mol. The molecule has 9 nitrogen and oxygen atoms in total. The summed E-state index contributed by atoms with van der Waals surface area (Å²) in [6.07, 6.45) is 6.68. The molecule has 7 rings (SSSR count). The summed E-state index contributed by atoms with van der Waals surface area (Å²) in [6.45, 7) is 3.13. The molecule has 0 saturated carbocycles. The number of halogens is 2. The molecule has 0 aliphatic carbocycles. The monoisotopic (exact) mass is 644 g/mol. The molecular formula is C37H34F2N8O. The summed E-state index contributed by atoms with van der Waals surface area (Å²) < 4.78 is 30.5. The first-order valence-corrected chi connectivity index (χ1v) is 15.9. The summed E-state index contributed by atoms with van der Waals surface area (Å²) in [5.41, 5.74) is 11.2. The molecule has 0 radical (unpaired) electrons. The van der Waals surface area contributed by atoms with Gasteiger partial charge in [0.25, 0.3) is 5.91 Å². The van der Waals surface area contributed by atoms with Gasteiger partial charge in [-0.25, -0.2) is 23.7 Å². The lowest BCUT2D eigenvalue weighted by Gasteiger charge is -2.29. The number of aromatic nitrogens is 4. The van der Waals surface area contributed by atoms with Crippen molar-refractivity contribution in [2.45, 2.75) is 25.3 Å². The number of pyridine rings is 1. The van der Waals surface area contributed by atoms with Crippen LogP contribution < -0.4 is 16.4 Å². The molecule has 0 spiro atoms. The number of imidazole rings is 1. The fraction of sp³-hybridized carbons (Fsp3) is 0.189. The maximum absolute atomic E-state index is 14.3. The van der Waals surface area contributed by atoms with Crippen LogP contribution in [0.3, 0.4) is 0 Å². The normalized spacial score (nSPS) is 13.9. The number of nitrogens with two attached hydrogens (primary N) is 1. The number of fused-ring (bicyclic) bond motifs is 1. The minimum Gasteiger partial charge on any atom is -0.328 e. The van der Waals surface area contributed by atoms with E-state index in [2.05, 4.69) is 32.7 Å². The third-order valence-electron chi connectivity index (χ3n) is 8.57. The van der Waals surface area contributed by atoms with Crippen LogP contribution in [-0.2, 0) is 6.42 Å². The number of nitrogens with one attached hydrogen (secondary N) is 2. The van der Waals surface area contributed by atoms with Gasteiger partial charge in [-0.1, -0.05) is 36.4 Å². The molecule has 1 aliphatic rings. The Balaban J connectivity index is 1.13. The SMILES string of the molecule is NC1CCN(CCc2ccc(Nc3nccc(-c4c(-c5cccc(NC(=O)c6c(F)cccc6F)c5)nc5ccccn45)n3)cc2)CC1. The predicted octanol–water partition coefficient (Wildman–Crippen LogP) is 6.70. The fourth-order valence-electron chi connectivity index (χ4n) is 5.99. The van der Waals surface area contributed by atoms with Gasteiger partial charge in [0.15, 0.2) is 0 Å². The van der Waals surface area contributed by atoms with E-state index in [9.17, 15) is 13.6 Å². The molecule has 1 aliphatic heterocycles. The van der Waals surface area contributed by atoms with Crippen molar-refractivity contribution in [2.75, 3.05) is 30.3 Å². The molecule has 11 heteroatoms. The predicted molar refractivity (Wildman–Crippen MR) is 183 cm³/mol. The fourth-order valence-corrected chi connectivity index (χ4v) is 5.99. The van der Waals surface area contributed by atoms with E-state index >= 15 is 0 Å². The molecule has 0 atom stereocenters. The number of carbonyl (C=O) groups excluding carboxylic acids is 1. The van der Waals surface area contributed by atoms with Crippen LogP contribution in [-0.4, -0.2) is 55.8 Å². The Labute approximate surface area is 276 Å². The number of hydrogen-bond donors (Lipinski definition) is 3. The molecule has 4 heterocycles. The van der Waals surface area contributed by atoms with Crippen molar-refractivity contribution in [3.63, 3.8) is 0 Å². The second kappa shape index (κ2) is 13.7. The highest BCUT2D eigenvalue weighted by molar-refractivity contribution is 6.05. The van der Waals surface area contributed by atoms with E-state index in [1.807, 2.05) is 53.1 Å². The zero-order valence-corrected chi connectivity index (χ0v) is 26.1. The second-order valence-corrected chi connectivity index (χ2v) is 11.9. The van der Waals surface area contributed by atoms with E-state index in [1.54, 1.807) is 24.4 Å². The number of anilines is 3. The van der Waals surface area contributed by atoms with Crippen molar-refractivity contribution in [1.29, 1.82) is 0 Å². The number of hydrogen-bond acceptors (Lipinski definition) is 7. The molecule has 0 bridgehead atoms. The molecule has 242 valence electrons. The average Bonchev–Trinajstić information content (AvgIpc) is 3.49. The van der Waals surface area contributed by atoms with Crippen LogP contribution in [0, 0.1) is 11.6 Å². The van der Waals surface area contributed by atoms with Crippen LogP contribution in [0.4, 0.5) is 26.1 Å². The van der Waals surface area contributed by atoms with Crippen molar-refractivity contribution in [3.8, 4) is 22.6 Å². The zero-order valence-electron chi connectivity index (χ0n) is 26.1. The van der Waals surface area contributed by atoms with Crippen LogP contribution in [0.1, 0.15) is 28.8 Å². The van der Waals surface area contributed by atoms with E-state index in [0.717, 1.165) is 56.7 Å². The first-order valence-electron chi connectivity index (χ1n) is 15.9. The maximum atomic E-state index is 14.3. The third-order valence-corrected chi connectivity index (χ3v) is 8.57. The highest BCUT2D eigenvalue weighted by atomic mass is 19.1. The Kier molecular flexibility index (Phi) is 8.87. The van der Waals surface area contributed by atoms with E-state index in [-0.39, 0.29) is 0 Å². The number of likely N-dealkylation sites (tertiary alicyclic amines) is 1. The first-order chi connectivity index (χ1) is 23.4. The van der Waals surface area contributed by atoms with Crippen molar-refractivity contribution in [2.24, 2.45) is 5.73 Å². The van der Waals surface area contributed by atoms with Crippen LogP contribution in [0.5, 0.6) is 0 Å². The van der Waals surface area contributed by atoms with Gasteiger partial charge in [0.1, 0.15) is 22.8 Å². The minimum absolute atomic E-state index is 0.332. The summed E-state index contributed by atoms with van der Waals surface area (Å²) in [5, 5.41) is 5.93. The summed E-state index contributed by atoms with van der Waals surface area (Å²) in [4.78, 5) is 29.5. The Hall–Kier alpha value is -5.52. The van der Waals surface area contributed by atoms with Crippen LogP contribution in [0.25, 0.3) is 28.3 Å². The van der Waals surface area contributed by atoms with E-state index in [0.29, 0.717) is 46.0 Å². The standard InChI is InChI=1S/C37H34F2N8O/c38-29-7-4-8-30(39)33(29)36(48)42-28-6-3-5-25(23-28)34-35(47-19-2-1-9-32(47)45-34)31-14-18-41-37(44-31)43-27-12-10-24(11-13-27)15-20-46-21-16-26(40)17-22-46/h1-14,18-19,23,26H,15-17,20-22,40H2,(H,42,48)(H,41,43,44). The van der Waals surface area contributed by atoms with Gasteiger partial charge >= 0.3 is 0 Å². The number of amides is 1. The molecule has 3 aromatic carbocycles. The van der Waals surface area contributed by atoms with Crippen molar-refractivity contribution >= 4 is 28.9 Å². The second-order valence-electron chi connectivity index (χ2n) is 11.9. The molecule has 48 heavy (non-hydrogen) atoms. The highest BCUT2D eigenvalue weighted by Crippen LogP contribution is 2.33. The Morgan fingerprint density at radius 2 is 1.65 bits per heavy atom. The van der Waals surface area contributed by atoms with Crippen molar-refractivity contribution < 1.29 is 13.6 Å². The van der Waals surface area contributed by atoms with Gasteiger partial charge < -0.3 is 21.3 Å². The van der Waals surface area contributed by atoms with E-state index < -0.39 is 23.1 Å². The maximum Gasteiger partial charge on any atom is 0.261 e. The molecule has 4 N–H and O–H groups in total. The van der Waals surface area contributed by atoms with Gasteiger partial charge in [-0.2, -0.15) is 0 Å². The Bertz CT molecular complexity index is 2050. The molecule has 1 amide bonds. The summed E-state index contributed by atoms with van der Waals surface area (Å²) >= 11 is 0. The number of carbonyl (C=O) groups is 1. The van der Waals surface area contributed by atoms with Gasteiger partial charge in [0.2, 0.25) is 5.95 Å². The van der Waals surface area contributed by atoms with E-state index in [1.165, 1.54) is 11.6 Å². The molecular weight excluding hydrogens is 610 g/mol. The molecule has 3 aromatic heterocycles. The van der Waals surface area contributed by atoms with Crippen LogP contribution >= 0.6 is 0 Å². The lowest BCUT2D eigenvalue weighted by atomic mass is 10.1. The van der Waals surface area contributed by atoms with Crippen molar-refractivity contribution in [3.05, 3.63) is 126 Å². The third kappa shape index (κ3) is 6.78. The van der Waals surface area contributed by atoms with Gasteiger partial charge in [-0.15, -0.1) is 0 Å². The van der Waals surface area contributed by atoms with Gasteiger partial charge in [-0.05, 0) is 92.5 Å². The molecule has 6 aromatic rings. The number of piperidine rings is 1. The van der Waals surface area contributed by atoms with Gasteiger partial charge in [0, 0.05) is 41.9 Å². The van der Waals surface area contributed by atoms with Crippen LogP contribution in [0.15, 0.2) is 103 Å². The van der Waals surface area contributed by atoms with E-state index in [4.69, 9.17) is 15.7 Å². The number of nitrogens with zero attached hydrogens (tertiary/aromatic N) is 5. The Morgan fingerprint density at radius 3 is 2.44 bits per heavy atom. The minimum atomic E-state index is -0.936. The first kappa shape index (κ1) is 31.1. The van der Waals surface area contributed by atoms with Crippen LogP contribution in [0.2, 0.25) is 0 Å². The highest BCUT2D eigenvalue weighted by Gasteiger charge is 2.20. The smallest absolute Gasteiger partial charge is 0.261 e. The van der Waals surface area contributed by atoms with Gasteiger partial charge in [0.05, 0.1) is 17.1 Å². The molecule has 1 saturated heterocycles. The zero-order chi connectivity index (χ0) is 33.0. The summed E-state index contributed by atoms with van der Waals surface area (Å²) in [5.74, 6) is -2.33. The summed E-state index contributed by atoms with van der Waals surface area (Å²) in [7, 11) is 0. The Morgan fingerprint density at radius 1 is 0.875 bits per heavy atom. The summed E-state index contributed by atoms with van der Waals surface area (Å²) in [6, 6.07) is 26.4. The van der Waals surface area contributed by atoms with Crippen molar-refractivity contribution in [1.82, 2.24) is 24.3 Å². The lowest BCUT2D eigenvalue weighted by Crippen LogP contribution is -2.40. The van der Waals surface area contributed by atoms with Gasteiger partial charge in [-0.3, -0.25) is 9.20 Å². The number of rotatable bonds is 9. The largest absolute Gasteiger partial charge is 0.328 e. The molecule has 0 unspecified atom stereocenters. The number of benzene rings is 3.